The van der Waals surface area contributed by atoms with Crippen LogP contribution in [0, 0.1) is 6.92 Å². The average molecular weight is 243 g/mol. The number of anilines is 1. The van der Waals surface area contributed by atoms with Gasteiger partial charge in [0.2, 0.25) is 5.95 Å². The van der Waals surface area contributed by atoms with Gasteiger partial charge in [0.15, 0.2) is 0 Å². The lowest BCUT2D eigenvalue weighted by atomic mass is 10.3. The van der Waals surface area contributed by atoms with Gasteiger partial charge in [0.1, 0.15) is 9.84 Å². The molecule has 0 bridgehead atoms. The number of aromatic nitrogens is 2. The Morgan fingerprint density at radius 1 is 1.50 bits per heavy atom. The summed E-state index contributed by atoms with van der Waals surface area (Å²) in [5.74, 6) is 0.716. The van der Waals surface area contributed by atoms with Crippen LogP contribution in [0.2, 0.25) is 0 Å². The first-order chi connectivity index (χ1) is 7.37. The summed E-state index contributed by atoms with van der Waals surface area (Å²) in [5, 5.41) is 3.07. The highest BCUT2D eigenvalue weighted by molar-refractivity contribution is 7.90. The van der Waals surface area contributed by atoms with Crippen LogP contribution in [-0.4, -0.2) is 36.4 Å². The van der Waals surface area contributed by atoms with E-state index < -0.39 is 9.84 Å². The molecular weight excluding hydrogens is 226 g/mol. The van der Waals surface area contributed by atoms with Gasteiger partial charge in [0, 0.05) is 24.2 Å². The number of hydrogen-bond acceptors (Lipinski definition) is 5. The predicted octanol–water partition coefficient (Wildman–Crippen LogP) is 1.02. The summed E-state index contributed by atoms with van der Waals surface area (Å²) in [7, 11) is -2.90. The number of rotatable bonds is 5. The van der Waals surface area contributed by atoms with Crippen LogP contribution in [0.1, 0.15) is 19.0 Å². The number of aryl methyl sites for hydroxylation is 1. The van der Waals surface area contributed by atoms with Gasteiger partial charge in [-0.15, -0.1) is 0 Å². The van der Waals surface area contributed by atoms with Gasteiger partial charge in [-0.05, 0) is 26.3 Å². The summed E-state index contributed by atoms with van der Waals surface area (Å²) in [4.78, 5) is 8.24. The van der Waals surface area contributed by atoms with Crippen molar-refractivity contribution in [3.63, 3.8) is 0 Å². The molecule has 0 saturated heterocycles. The van der Waals surface area contributed by atoms with Crippen molar-refractivity contribution in [1.82, 2.24) is 9.97 Å². The molecule has 0 aliphatic rings. The lowest BCUT2D eigenvalue weighted by Gasteiger charge is -2.12. The van der Waals surface area contributed by atoms with Crippen molar-refractivity contribution in [1.29, 1.82) is 0 Å². The highest BCUT2D eigenvalue weighted by atomic mass is 32.2. The molecule has 6 heteroatoms. The minimum Gasteiger partial charge on any atom is -0.352 e. The van der Waals surface area contributed by atoms with Crippen molar-refractivity contribution in [3.8, 4) is 0 Å². The van der Waals surface area contributed by atoms with E-state index in [2.05, 4.69) is 15.3 Å². The van der Waals surface area contributed by atoms with Gasteiger partial charge < -0.3 is 5.32 Å². The van der Waals surface area contributed by atoms with Crippen molar-refractivity contribution in [2.24, 2.45) is 0 Å². The minimum absolute atomic E-state index is 0.0384. The molecule has 5 nitrogen and oxygen atoms in total. The van der Waals surface area contributed by atoms with Gasteiger partial charge in [-0.2, -0.15) is 0 Å². The fraction of sp³-hybridized carbons (Fsp3) is 0.600. The fourth-order valence-electron chi connectivity index (χ4n) is 1.20. The number of sulfone groups is 1. The third kappa shape index (κ3) is 5.06. The zero-order valence-electron chi connectivity index (χ0n) is 9.77. The van der Waals surface area contributed by atoms with E-state index in [9.17, 15) is 8.42 Å². The molecule has 1 aromatic heterocycles. The summed E-state index contributed by atoms with van der Waals surface area (Å²) < 4.78 is 22.0. The molecule has 0 saturated carbocycles. The molecule has 90 valence electrons. The first kappa shape index (κ1) is 12.9. The van der Waals surface area contributed by atoms with Gasteiger partial charge >= 0.3 is 0 Å². The molecule has 0 aliphatic heterocycles. The Balaban J connectivity index is 2.49. The quantitative estimate of drug-likeness (QED) is 0.836. The summed E-state index contributed by atoms with van der Waals surface area (Å²) in [6, 6.07) is 1.85. The maximum Gasteiger partial charge on any atom is 0.223 e. The topological polar surface area (TPSA) is 72.0 Å². The van der Waals surface area contributed by atoms with Crippen LogP contribution in [0.3, 0.4) is 0 Å². The second-order valence-corrected chi connectivity index (χ2v) is 6.25. The van der Waals surface area contributed by atoms with E-state index in [0.717, 1.165) is 5.69 Å². The van der Waals surface area contributed by atoms with E-state index in [4.69, 9.17) is 0 Å². The highest BCUT2D eigenvalue weighted by Gasteiger charge is 2.08. The van der Waals surface area contributed by atoms with Crippen LogP contribution in [0.5, 0.6) is 0 Å². The van der Waals surface area contributed by atoms with Gasteiger partial charge in [-0.1, -0.05) is 0 Å². The Morgan fingerprint density at radius 2 is 2.19 bits per heavy atom. The minimum atomic E-state index is -2.90. The largest absolute Gasteiger partial charge is 0.352 e. The Bertz CT molecular complexity index is 445. The molecule has 0 radical (unpaired) electrons. The SMILES string of the molecule is Cc1ccnc(NC(C)CCS(C)(=O)=O)n1. The van der Waals surface area contributed by atoms with Gasteiger partial charge in [-0.3, -0.25) is 0 Å². The smallest absolute Gasteiger partial charge is 0.223 e. The molecule has 16 heavy (non-hydrogen) atoms. The number of nitrogens with one attached hydrogen (secondary N) is 1. The number of nitrogens with zero attached hydrogens (tertiary/aromatic N) is 2. The van der Waals surface area contributed by atoms with Crippen LogP contribution < -0.4 is 5.32 Å². The summed E-state index contributed by atoms with van der Waals surface area (Å²) >= 11 is 0. The van der Waals surface area contributed by atoms with Crippen molar-refractivity contribution >= 4 is 15.8 Å². The molecular formula is C10H17N3O2S. The van der Waals surface area contributed by atoms with Gasteiger partial charge in [0.25, 0.3) is 0 Å². The van der Waals surface area contributed by atoms with Crippen LogP contribution in [0.25, 0.3) is 0 Å². The van der Waals surface area contributed by atoms with E-state index in [0.29, 0.717) is 12.4 Å². The summed E-state index contributed by atoms with van der Waals surface area (Å²) in [5.41, 5.74) is 0.882. The van der Waals surface area contributed by atoms with Crippen molar-refractivity contribution in [2.45, 2.75) is 26.3 Å². The Labute approximate surface area is 96.2 Å². The van der Waals surface area contributed by atoms with Gasteiger partial charge in [-0.25, -0.2) is 18.4 Å². The first-order valence-corrected chi connectivity index (χ1v) is 7.17. The van der Waals surface area contributed by atoms with Crippen LogP contribution in [-0.2, 0) is 9.84 Å². The van der Waals surface area contributed by atoms with Crippen molar-refractivity contribution in [2.75, 3.05) is 17.3 Å². The second-order valence-electron chi connectivity index (χ2n) is 3.99. The molecule has 0 amide bonds. The van der Waals surface area contributed by atoms with Crippen LogP contribution >= 0.6 is 0 Å². The third-order valence-electron chi connectivity index (χ3n) is 2.09. The van der Waals surface area contributed by atoms with Crippen LogP contribution in [0.4, 0.5) is 5.95 Å². The standard InChI is InChI=1S/C10H17N3O2S/c1-8-4-6-11-10(12-8)13-9(2)5-7-16(3,14)15/h4,6,9H,5,7H2,1-3H3,(H,11,12,13). The lowest BCUT2D eigenvalue weighted by Crippen LogP contribution is -2.20. The Morgan fingerprint density at radius 3 is 2.75 bits per heavy atom. The molecule has 0 fully saturated rings. The zero-order chi connectivity index (χ0) is 12.2. The monoisotopic (exact) mass is 243 g/mol. The van der Waals surface area contributed by atoms with Gasteiger partial charge in [0.05, 0.1) is 5.75 Å². The molecule has 1 unspecified atom stereocenters. The molecule has 0 spiro atoms. The maximum absolute atomic E-state index is 11.0. The molecule has 1 rings (SSSR count). The van der Waals surface area contributed by atoms with E-state index in [1.165, 1.54) is 6.26 Å². The first-order valence-electron chi connectivity index (χ1n) is 5.11. The Kier molecular flexibility index (Phi) is 4.23. The zero-order valence-corrected chi connectivity index (χ0v) is 10.6. The van der Waals surface area contributed by atoms with E-state index in [1.54, 1.807) is 6.20 Å². The fourth-order valence-corrected chi connectivity index (χ4v) is 1.98. The highest BCUT2D eigenvalue weighted by Crippen LogP contribution is 2.04. The molecule has 1 N–H and O–H groups in total. The summed E-state index contributed by atoms with van der Waals surface area (Å²) in [6.07, 6.45) is 3.47. The third-order valence-corrected chi connectivity index (χ3v) is 3.07. The Hall–Kier alpha value is -1.17. The molecule has 0 aromatic carbocycles. The van der Waals surface area contributed by atoms with E-state index in [-0.39, 0.29) is 11.8 Å². The maximum atomic E-state index is 11.0. The average Bonchev–Trinajstić information content (AvgIpc) is 2.14. The second kappa shape index (κ2) is 5.25. The molecule has 1 atom stereocenters. The molecule has 1 heterocycles. The molecule has 0 aliphatic carbocycles. The van der Waals surface area contributed by atoms with E-state index in [1.807, 2.05) is 19.9 Å². The lowest BCUT2D eigenvalue weighted by molar-refractivity contribution is 0.595. The summed E-state index contributed by atoms with van der Waals surface area (Å²) in [6.45, 7) is 3.80. The number of hydrogen-bond donors (Lipinski definition) is 1. The predicted molar refractivity (Wildman–Crippen MR) is 64.2 cm³/mol. The molecule has 1 aromatic rings. The van der Waals surface area contributed by atoms with Crippen molar-refractivity contribution in [3.05, 3.63) is 18.0 Å². The van der Waals surface area contributed by atoms with E-state index >= 15 is 0 Å². The van der Waals surface area contributed by atoms with Crippen molar-refractivity contribution < 1.29 is 8.42 Å². The van der Waals surface area contributed by atoms with Crippen LogP contribution in [0.15, 0.2) is 12.3 Å². The normalized spacial score (nSPS) is 13.4.